The summed E-state index contributed by atoms with van der Waals surface area (Å²) >= 11 is 0. The highest BCUT2D eigenvalue weighted by Crippen LogP contribution is 2.06. The van der Waals surface area contributed by atoms with Gasteiger partial charge in [-0.2, -0.15) is 0 Å². The third-order valence-electron chi connectivity index (χ3n) is 3.94. The van der Waals surface area contributed by atoms with Crippen LogP contribution in [0.4, 0.5) is 0 Å². The molecule has 0 aliphatic rings. The summed E-state index contributed by atoms with van der Waals surface area (Å²) in [6.45, 7) is 7.55. The number of pyridine rings is 1. The predicted molar refractivity (Wildman–Crippen MR) is 92.7 cm³/mol. The van der Waals surface area contributed by atoms with Crippen LogP contribution in [-0.4, -0.2) is 0 Å². The van der Waals surface area contributed by atoms with Crippen molar-refractivity contribution in [3.05, 3.63) is 65.0 Å². The van der Waals surface area contributed by atoms with Crippen molar-refractivity contribution in [2.24, 2.45) is 0 Å². The molecule has 23 heavy (non-hydrogen) atoms. The van der Waals surface area contributed by atoms with Crippen molar-refractivity contribution < 1.29 is 21.5 Å². The molecule has 1 nitrogen and oxygen atoms in total. The summed E-state index contributed by atoms with van der Waals surface area (Å²) in [7, 11) is 0. The topological polar surface area (TPSA) is 3.88 Å². The van der Waals surface area contributed by atoms with Gasteiger partial charge in [0.1, 0.15) is 6.54 Å². The highest BCUT2D eigenvalue weighted by atomic mass is 79.9. The SMILES string of the molecule is CCCc1ccc(C#CCCC[n+]2ccc(C)c(C)c2)cc1.[Br-]. The number of aryl methyl sites for hydroxylation is 4. The monoisotopic (exact) mass is 371 g/mol. The zero-order valence-corrected chi connectivity index (χ0v) is 16.0. The Kier molecular flexibility index (Phi) is 8.66. The second kappa shape index (κ2) is 10.2. The van der Waals surface area contributed by atoms with Gasteiger partial charge in [-0.1, -0.05) is 37.3 Å². The molecule has 0 bridgehead atoms. The molecule has 0 amide bonds. The maximum absolute atomic E-state index is 3.29. The Labute approximate surface area is 151 Å². The number of hydrogen-bond acceptors (Lipinski definition) is 0. The van der Waals surface area contributed by atoms with Gasteiger partial charge < -0.3 is 17.0 Å². The third kappa shape index (κ3) is 6.59. The summed E-state index contributed by atoms with van der Waals surface area (Å²) in [6, 6.07) is 10.8. The summed E-state index contributed by atoms with van der Waals surface area (Å²) in [6.07, 6.45) is 8.75. The third-order valence-corrected chi connectivity index (χ3v) is 3.94. The van der Waals surface area contributed by atoms with Crippen LogP contribution in [0.25, 0.3) is 0 Å². The average molecular weight is 372 g/mol. The zero-order valence-electron chi connectivity index (χ0n) is 14.4. The van der Waals surface area contributed by atoms with Crippen LogP contribution in [0.2, 0.25) is 0 Å². The van der Waals surface area contributed by atoms with Gasteiger partial charge in [0.2, 0.25) is 0 Å². The van der Waals surface area contributed by atoms with Gasteiger partial charge >= 0.3 is 0 Å². The van der Waals surface area contributed by atoms with E-state index in [2.05, 4.69) is 79.9 Å². The van der Waals surface area contributed by atoms with Crippen LogP contribution in [0.3, 0.4) is 0 Å². The van der Waals surface area contributed by atoms with Gasteiger partial charge in [-0.25, -0.2) is 4.57 Å². The molecule has 0 saturated heterocycles. The van der Waals surface area contributed by atoms with Crippen LogP contribution < -0.4 is 21.5 Å². The second-order valence-corrected chi connectivity index (χ2v) is 5.90. The minimum atomic E-state index is 0. The molecule has 1 aromatic heterocycles. The Morgan fingerprint density at radius 3 is 2.39 bits per heavy atom. The summed E-state index contributed by atoms with van der Waals surface area (Å²) < 4.78 is 2.25. The molecule has 0 atom stereocenters. The number of benzene rings is 1. The highest BCUT2D eigenvalue weighted by molar-refractivity contribution is 5.36. The lowest BCUT2D eigenvalue weighted by molar-refractivity contribution is -0.697. The molecule has 2 rings (SSSR count). The number of halogens is 1. The number of hydrogen-bond donors (Lipinski definition) is 0. The fourth-order valence-corrected chi connectivity index (χ4v) is 2.43. The first-order valence-corrected chi connectivity index (χ1v) is 8.23. The van der Waals surface area contributed by atoms with Crippen molar-refractivity contribution >= 4 is 0 Å². The zero-order chi connectivity index (χ0) is 15.8. The van der Waals surface area contributed by atoms with Gasteiger partial charge in [-0.3, -0.25) is 0 Å². The van der Waals surface area contributed by atoms with Gasteiger partial charge in [-0.15, -0.1) is 0 Å². The van der Waals surface area contributed by atoms with E-state index in [0.717, 1.165) is 31.4 Å². The molecule has 1 heterocycles. The van der Waals surface area contributed by atoms with E-state index in [1.165, 1.54) is 23.1 Å². The fraction of sp³-hybridized carbons (Fsp3) is 0.381. The highest BCUT2D eigenvalue weighted by Gasteiger charge is 2.01. The first kappa shape index (κ1) is 19.5. The van der Waals surface area contributed by atoms with E-state index in [1.54, 1.807) is 0 Å². The van der Waals surface area contributed by atoms with Crippen LogP contribution in [0.15, 0.2) is 42.7 Å². The first-order valence-electron chi connectivity index (χ1n) is 8.23. The van der Waals surface area contributed by atoms with Crippen molar-refractivity contribution in [1.82, 2.24) is 0 Å². The van der Waals surface area contributed by atoms with Crippen LogP contribution in [0.5, 0.6) is 0 Å². The van der Waals surface area contributed by atoms with E-state index in [-0.39, 0.29) is 17.0 Å². The fourth-order valence-electron chi connectivity index (χ4n) is 2.43. The Morgan fingerprint density at radius 2 is 1.74 bits per heavy atom. The van der Waals surface area contributed by atoms with E-state index in [0.29, 0.717) is 0 Å². The molecule has 1 aromatic carbocycles. The van der Waals surface area contributed by atoms with Crippen LogP contribution in [0, 0.1) is 25.7 Å². The average Bonchev–Trinajstić information content (AvgIpc) is 2.52. The number of aromatic nitrogens is 1. The Balaban J connectivity index is 0.00000264. The summed E-state index contributed by atoms with van der Waals surface area (Å²) in [5, 5.41) is 0. The van der Waals surface area contributed by atoms with E-state index >= 15 is 0 Å². The molecular weight excluding hydrogens is 346 g/mol. The van der Waals surface area contributed by atoms with Crippen molar-refractivity contribution in [3.63, 3.8) is 0 Å². The van der Waals surface area contributed by atoms with Crippen molar-refractivity contribution in [2.45, 2.75) is 53.0 Å². The quantitative estimate of drug-likeness (QED) is 0.424. The Hall–Kier alpha value is -1.59. The molecule has 2 heteroatoms. The smallest absolute Gasteiger partial charge is 0.171 e. The maximum atomic E-state index is 3.29. The molecule has 122 valence electrons. The first-order chi connectivity index (χ1) is 10.7. The normalized spacial score (nSPS) is 9.70. The molecule has 0 unspecified atom stereocenters. The molecule has 0 radical (unpaired) electrons. The van der Waals surface area contributed by atoms with Gasteiger partial charge in [0, 0.05) is 30.0 Å². The number of rotatable bonds is 5. The van der Waals surface area contributed by atoms with Gasteiger partial charge in [0.25, 0.3) is 0 Å². The van der Waals surface area contributed by atoms with Gasteiger partial charge in [0.15, 0.2) is 12.4 Å². The summed E-state index contributed by atoms with van der Waals surface area (Å²) in [5.41, 5.74) is 5.22. The van der Waals surface area contributed by atoms with Crippen LogP contribution >= 0.6 is 0 Å². The lowest BCUT2D eigenvalue weighted by atomic mass is 10.1. The molecule has 0 aliphatic carbocycles. The minimum Gasteiger partial charge on any atom is -1.00 e. The maximum Gasteiger partial charge on any atom is 0.171 e. The van der Waals surface area contributed by atoms with Crippen LogP contribution in [0.1, 0.15) is 48.4 Å². The van der Waals surface area contributed by atoms with E-state index in [9.17, 15) is 0 Å². The lowest BCUT2D eigenvalue weighted by Gasteiger charge is -1.99. The van der Waals surface area contributed by atoms with Gasteiger partial charge in [-0.05, 0) is 43.5 Å². The summed E-state index contributed by atoms with van der Waals surface area (Å²) in [5.74, 6) is 6.55. The van der Waals surface area contributed by atoms with Crippen LogP contribution in [-0.2, 0) is 13.0 Å². The minimum absolute atomic E-state index is 0. The molecule has 0 aliphatic heterocycles. The molecule has 0 saturated carbocycles. The molecule has 0 fully saturated rings. The van der Waals surface area contributed by atoms with Crippen molar-refractivity contribution in [3.8, 4) is 11.8 Å². The van der Waals surface area contributed by atoms with Crippen molar-refractivity contribution in [1.29, 1.82) is 0 Å². The molecule has 2 aromatic rings. The number of unbranched alkanes of at least 4 members (excludes halogenated alkanes) is 1. The van der Waals surface area contributed by atoms with Gasteiger partial charge in [0.05, 0.1) is 0 Å². The number of nitrogens with zero attached hydrogens (tertiary/aromatic N) is 1. The Morgan fingerprint density at radius 1 is 1.00 bits per heavy atom. The lowest BCUT2D eigenvalue weighted by Crippen LogP contribution is -3.00. The molecule has 0 N–H and O–H groups in total. The largest absolute Gasteiger partial charge is 1.00 e. The molecular formula is C21H26BrN. The Bertz CT molecular complexity index is 662. The van der Waals surface area contributed by atoms with E-state index in [1.807, 2.05) is 0 Å². The molecule has 0 spiro atoms. The predicted octanol–water partition coefficient (Wildman–Crippen LogP) is 1.38. The van der Waals surface area contributed by atoms with Crippen molar-refractivity contribution in [2.75, 3.05) is 0 Å². The van der Waals surface area contributed by atoms with E-state index < -0.39 is 0 Å². The standard InChI is InChI=1S/C21H26N.BrH/c1-4-8-20-10-12-21(13-11-20)9-6-5-7-15-22-16-14-18(2)19(3)17-22;/h10-14,16-17H,4-5,7-8,15H2,1-3H3;1H/q+1;/p-1. The second-order valence-electron chi connectivity index (χ2n) is 5.90. The summed E-state index contributed by atoms with van der Waals surface area (Å²) in [4.78, 5) is 0. The van der Waals surface area contributed by atoms with E-state index in [4.69, 9.17) is 0 Å².